The monoisotopic (exact) mass is 422 g/mol. The summed E-state index contributed by atoms with van der Waals surface area (Å²) in [4.78, 5) is 15.6. The van der Waals surface area contributed by atoms with Gasteiger partial charge in [-0.2, -0.15) is 0 Å². The summed E-state index contributed by atoms with van der Waals surface area (Å²) < 4.78 is 7.60. The van der Waals surface area contributed by atoms with E-state index in [4.69, 9.17) is 4.74 Å². The van der Waals surface area contributed by atoms with E-state index in [-0.39, 0.29) is 23.4 Å². The van der Waals surface area contributed by atoms with Gasteiger partial charge in [-0.3, -0.25) is 4.79 Å². The Morgan fingerprint density at radius 3 is 2.42 bits per heavy atom. The Morgan fingerprint density at radius 2 is 1.74 bits per heavy atom. The molecule has 1 fully saturated rings. The van der Waals surface area contributed by atoms with Crippen LogP contribution in [0.3, 0.4) is 0 Å². The zero-order valence-corrected chi connectivity index (χ0v) is 18.2. The number of ether oxygens (including phenoxy) is 1. The molecule has 4 rings (SSSR count). The fourth-order valence-electron chi connectivity index (χ4n) is 4.52. The Bertz CT molecular complexity index is 1070. The number of nitrogens with zero attached hydrogens (tertiary/aromatic N) is 2. The molecule has 0 saturated carbocycles. The third-order valence-electron chi connectivity index (χ3n) is 6.13. The van der Waals surface area contributed by atoms with Crippen molar-refractivity contribution in [2.45, 2.75) is 39.2 Å². The Morgan fingerprint density at radius 1 is 1.06 bits per heavy atom. The van der Waals surface area contributed by atoms with E-state index in [9.17, 15) is 15.0 Å². The van der Waals surface area contributed by atoms with Crippen molar-refractivity contribution in [1.82, 2.24) is 9.47 Å². The molecule has 1 atom stereocenters. The lowest BCUT2D eigenvalue weighted by molar-refractivity contribution is -0.139. The molecule has 2 N–H and O–H groups in total. The molecule has 6 nitrogen and oxygen atoms in total. The quantitative estimate of drug-likeness (QED) is 0.608. The van der Waals surface area contributed by atoms with Gasteiger partial charge in [0.05, 0.1) is 18.9 Å². The largest absolute Gasteiger partial charge is 0.508 e. The van der Waals surface area contributed by atoms with E-state index in [1.807, 2.05) is 30.0 Å². The number of carbonyl (C=O) groups is 1. The van der Waals surface area contributed by atoms with Crippen LogP contribution in [-0.4, -0.2) is 51.9 Å². The van der Waals surface area contributed by atoms with Crippen LogP contribution in [0.4, 0.5) is 0 Å². The van der Waals surface area contributed by atoms with Gasteiger partial charge in [0, 0.05) is 24.0 Å². The number of morpholine rings is 1. The van der Waals surface area contributed by atoms with Crippen molar-refractivity contribution < 1.29 is 19.7 Å². The Balaban J connectivity index is 1.92. The first-order valence-electron chi connectivity index (χ1n) is 11.0. The molecule has 2 aromatic carbocycles. The molecule has 3 aromatic rings. The average molecular weight is 423 g/mol. The maximum atomic E-state index is 13.7. The molecule has 2 heterocycles. The minimum atomic E-state index is -0.345. The Labute approximate surface area is 182 Å². The van der Waals surface area contributed by atoms with Gasteiger partial charge in [0.15, 0.2) is 0 Å². The normalized spacial score (nSPS) is 15.4. The molecule has 31 heavy (non-hydrogen) atoms. The molecule has 1 aliphatic heterocycles. The molecule has 0 radical (unpaired) electrons. The van der Waals surface area contributed by atoms with Gasteiger partial charge in [-0.25, -0.2) is 0 Å². The van der Waals surface area contributed by atoms with Crippen LogP contribution in [0, 0.1) is 6.92 Å². The second-order valence-electron chi connectivity index (χ2n) is 8.19. The van der Waals surface area contributed by atoms with E-state index >= 15 is 0 Å². The van der Waals surface area contributed by atoms with Crippen molar-refractivity contribution in [3.63, 3.8) is 0 Å². The molecule has 0 spiro atoms. The predicted molar refractivity (Wildman–Crippen MR) is 121 cm³/mol. The third kappa shape index (κ3) is 4.12. The summed E-state index contributed by atoms with van der Waals surface area (Å²) in [6, 6.07) is 12.1. The Hall–Kier alpha value is -2.99. The molecular weight excluding hydrogens is 392 g/mol. The number of amides is 1. The molecule has 1 aliphatic rings. The number of rotatable bonds is 6. The number of phenols is 2. The molecule has 1 aromatic heterocycles. The van der Waals surface area contributed by atoms with Crippen molar-refractivity contribution >= 4 is 16.8 Å². The average Bonchev–Trinajstić information content (AvgIpc) is 3.07. The van der Waals surface area contributed by atoms with E-state index in [1.54, 1.807) is 24.3 Å². The summed E-state index contributed by atoms with van der Waals surface area (Å²) in [6.07, 6.45) is 2.68. The van der Waals surface area contributed by atoms with Gasteiger partial charge in [0.1, 0.15) is 17.5 Å². The fraction of sp³-hybridized carbons (Fsp3) is 0.400. The highest BCUT2D eigenvalue weighted by atomic mass is 16.5. The molecule has 164 valence electrons. The van der Waals surface area contributed by atoms with Crippen LogP contribution in [0.25, 0.3) is 22.2 Å². The van der Waals surface area contributed by atoms with Crippen LogP contribution in [0.2, 0.25) is 0 Å². The number of hydrogen-bond acceptors (Lipinski definition) is 4. The molecule has 1 amide bonds. The number of benzene rings is 2. The summed E-state index contributed by atoms with van der Waals surface area (Å²) in [7, 11) is 0. The maximum absolute atomic E-state index is 13.7. The number of carbonyl (C=O) groups excluding carboxylic acids is 1. The number of aryl methyl sites for hydroxylation is 1. The lowest BCUT2D eigenvalue weighted by atomic mass is 10.0. The zero-order chi connectivity index (χ0) is 22.0. The number of phenolic OH excluding ortho intramolecular Hbond substituents is 2. The van der Waals surface area contributed by atoms with Crippen LogP contribution in [0.1, 0.15) is 37.8 Å². The third-order valence-corrected chi connectivity index (χ3v) is 6.13. The van der Waals surface area contributed by atoms with Gasteiger partial charge in [0.25, 0.3) is 0 Å². The van der Waals surface area contributed by atoms with E-state index in [0.29, 0.717) is 26.3 Å². The number of fused-ring (bicyclic) bond motifs is 1. The predicted octanol–water partition coefficient (Wildman–Crippen LogP) is 4.62. The van der Waals surface area contributed by atoms with Gasteiger partial charge < -0.3 is 24.4 Å². The van der Waals surface area contributed by atoms with E-state index in [0.717, 1.165) is 47.0 Å². The molecule has 1 unspecified atom stereocenters. The first kappa shape index (κ1) is 21.2. The van der Waals surface area contributed by atoms with Crippen molar-refractivity contribution in [3.05, 3.63) is 48.0 Å². The minimum absolute atomic E-state index is 0.113. The highest BCUT2D eigenvalue weighted by Gasteiger charge is 2.31. The topological polar surface area (TPSA) is 74.9 Å². The first-order chi connectivity index (χ1) is 15.0. The van der Waals surface area contributed by atoms with E-state index in [2.05, 4.69) is 11.5 Å². The van der Waals surface area contributed by atoms with Gasteiger partial charge in [-0.1, -0.05) is 19.8 Å². The van der Waals surface area contributed by atoms with Gasteiger partial charge >= 0.3 is 0 Å². The molecular formula is C25H30N2O4. The standard InChI is InChI=1S/C25H30N2O4/c1-3-4-5-23(25(30)26-12-14-31-15-13-26)27-22-11-10-20(29)16-21(22)17(2)24(27)18-6-8-19(28)9-7-18/h6-11,16,23,28-29H,3-5,12-15H2,1-2H3. The molecule has 1 saturated heterocycles. The minimum Gasteiger partial charge on any atom is -0.508 e. The summed E-state index contributed by atoms with van der Waals surface area (Å²) in [6.45, 7) is 6.50. The van der Waals surface area contributed by atoms with Crippen molar-refractivity contribution in [2.75, 3.05) is 26.3 Å². The van der Waals surface area contributed by atoms with E-state index in [1.165, 1.54) is 0 Å². The maximum Gasteiger partial charge on any atom is 0.245 e. The number of aromatic nitrogens is 1. The highest BCUT2D eigenvalue weighted by Crippen LogP contribution is 2.39. The second kappa shape index (κ2) is 9.02. The van der Waals surface area contributed by atoms with E-state index < -0.39 is 0 Å². The smallest absolute Gasteiger partial charge is 0.245 e. The summed E-state index contributed by atoms with van der Waals surface area (Å²) >= 11 is 0. The van der Waals surface area contributed by atoms with Crippen LogP contribution in [-0.2, 0) is 9.53 Å². The molecule has 0 bridgehead atoms. The summed E-state index contributed by atoms with van der Waals surface area (Å²) in [5.74, 6) is 0.519. The fourth-order valence-corrected chi connectivity index (χ4v) is 4.52. The van der Waals surface area contributed by atoms with Crippen LogP contribution in [0.5, 0.6) is 11.5 Å². The lowest BCUT2D eigenvalue weighted by Gasteiger charge is -2.32. The first-order valence-corrected chi connectivity index (χ1v) is 11.0. The zero-order valence-electron chi connectivity index (χ0n) is 18.2. The van der Waals surface area contributed by atoms with Crippen molar-refractivity contribution in [1.29, 1.82) is 0 Å². The number of unbranched alkanes of at least 4 members (excludes halogenated alkanes) is 1. The lowest BCUT2D eigenvalue weighted by Crippen LogP contribution is -2.44. The molecule has 0 aliphatic carbocycles. The van der Waals surface area contributed by atoms with Crippen molar-refractivity contribution in [2.24, 2.45) is 0 Å². The van der Waals surface area contributed by atoms with Crippen molar-refractivity contribution in [3.8, 4) is 22.8 Å². The SMILES string of the molecule is CCCCC(C(=O)N1CCOCC1)n1c(-c2ccc(O)cc2)c(C)c2cc(O)ccc21. The molecule has 6 heteroatoms. The van der Waals surface area contributed by atoms with Crippen LogP contribution >= 0.6 is 0 Å². The van der Waals surface area contributed by atoms with Crippen LogP contribution in [0.15, 0.2) is 42.5 Å². The second-order valence-corrected chi connectivity index (χ2v) is 8.19. The van der Waals surface area contributed by atoms with Gasteiger partial charge in [0.2, 0.25) is 5.91 Å². The van der Waals surface area contributed by atoms with Gasteiger partial charge in [-0.05, 0) is 66.9 Å². The number of hydrogen-bond donors (Lipinski definition) is 2. The summed E-state index contributed by atoms with van der Waals surface area (Å²) in [5.41, 5.74) is 3.82. The summed E-state index contributed by atoms with van der Waals surface area (Å²) in [5, 5.41) is 20.8. The highest BCUT2D eigenvalue weighted by molar-refractivity contribution is 5.95. The van der Waals surface area contributed by atoms with Gasteiger partial charge in [-0.15, -0.1) is 0 Å². The Kier molecular flexibility index (Phi) is 6.18. The van der Waals surface area contributed by atoms with Crippen LogP contribution < -0.4 is 0 Å². The number of aromatic hydroxyl groups is 2.